The van der Waals surface area contributed by atoms with Crippen LogP contribution < -0.4 is 0 Å². The zero-order chi connectivity index (χ0) is 14.4. The second-order valence-corrected chi connectivity index (χ2v) is 7.12. The zero-order valence-electron chi connectivity index (χ0n) is 11.8. The Balaban J connectivity index is 2.64. The molecule has 0 saturated heterocycles. The smallest absolute Gasteiger partial charge is 0.324 e. The summed E-state index contributed by atoms with van der Waals surface area (Å²) in [6, 6.07) is 5.93. The maximum atomic E-state index is 11.5. The minimum atomic E-state index is -3.59. The quantitative estimate of drug-likeness (QED) is 0.878. The molecule has 19 heavy (non-hydrogen) atoms. The Morgan fingerprint density at radius 1 is 1.37 bits per heavy atom. The van der Waals surface area contributed by atoms with Gasteiger partial charge < -0.3 is 4.89 Å². The van der Waals surface area contributed by atoms with E-state index in [-0.39, 0.29) is 0 Å². The van der Waals surface area contributed by atoms with Crippen molar-refractivity contribution in [2.45, 2.75) is 33.4 Å². The van der Waals surface area contributed by atoms with Gasteiger partial charge in [0.2, 0.25) is 0 Å². The van der Waals surface area contributed by atoms with E-state index < -0.39 is 13.3 Å². The summed E-state index contributed by atoms with van der Waals surface area (Å²) in [4.78, 5) is 13.9. The number of hydrogen-bond acceptors (Lipinski definition) is 3. The van der Waals surface area contributed by atoms with Crippen molar-refractivity contribution in [3.8, 4) is 0 Å². The molecule has 0 aliphatic heterocycles. The highest BCUT2D eigenvalue weighted by Crippen LogP contribution is 2.44. The largest absolute Gasteiger partial charge is 0.327 e. The Morgan fingerprint density at radius 2 is 2.00 bits per heavy atom. The van der Waals surface area contributed by atoms with E-state index in [4.69, 9.17) is 4.52 Å². The molecular formula is C13H19N2O3P. The third kappa shape index (κ3) is 2.89. The summed E-state index contributed by atoms with van der Waals surface area (Å²) in [6.45, 7) is 8.56. The molecule has 0 radical (unpaired) electrons. The van der Waals surface area contributed by atoms with Crippen molar-refractivity contribution in [3.05, 3.63) is 29.6 Å². The Bertz CT molecular complexity index is 670. The number of aromatic nitrogens is 2. The first-order valence-corrected chi connectivity index (χ1v) is 8.10. The van der Waals surface area contributed by atoms with E-state index in [1.54, 1.807) is 13.8 Å². The first kappa shape index (κ1) is 14.3. The van der Waals surface area contributed by atoms with Crippen LogP contribution >= 0.6 is 7.60 Å². The average Bonchev–Trinajstić information content (AvgIpc) is 2.49. The molecule has 6 heteroatoms. The summed E-state index contributed by atoms with van der Waals surface area (Å²) in [5.41, 5.74) is 1.92. The van der Waals surface area contributed by atoms with Gasteiger partial charge in [-0.15, -0.1) is 0 Å². The number of nitrogens with zero attached hydrogens (tertiary/aromatic N) is 2. The van der Waals surface area contributed by atoms with Crippen LogP contribution in [-0.4, -0.2) is 21.1 Å². The molecule has 0 spiro atoms. The van der Waals surface area contributed by atoms with E-state index in [1.165, 1.54) is 6.66 Å². The molecule has 1 heterocycles. The van der Waals surface area contributed by atoms with Gasteiger partial charge in [0.25, 0.3) is 0 Å². The van der Waals surface area contributed by atoms with Crippen LogP contribution in [-0.2, 0) is 14.8 Å². The summed E-state index contributed by atoms with van der Waals surface area (Å²) in [6.07, 6.45) is 0. The average molecular weight is 282 g/mol. The number of benzene rings is 1. The van der Waals surface area contributed by atoms with E-state index in [0.717, 1.165) is 22.4 Å². The predicted molar refractivity (Wildman–Crippen MR) is 75.4 cm³/mol. The minimum absolute atomic E-state index is 0.749. The van der Waals surface area contributed by atoms with Crippen LogP contribution in [0.1, 0.15) is 25.2 Å². The van der Waals surface area contributed by atoms with Crippen LogP contribution in [0.15, 0.2) is 18.2 Å². The Labute approximate surface area is 112 Å². The number of fused-ring (bicyclic) bond motifs is 1. The van der Waals surface area contributed by atoms with Crippen LogP contribution in [0.4, 0.5) is 0 Å². The van der Waals surface area contributed by atoms with Gasteiger partial charge in [0, 0.05) is 6.66 Å². The van der Waals surface area contributed by atoms with Gasteiger partial charge in [-0.05, 0) is 45.4 Å². The third-order valence-electron chi connectivity index (χ3n) is 2.91. The monoisotopic (exact) mass is 282 g/mol. The third-order valence-corrected chi connectivity index (χ3v) is 3.69. The fourth-order valence-corrected chi connectivity index (χ4v) is 3.35. The van der Waals surface area contributed by atoms with Crippen molar-refractivity contribution in [3.63, 3.8) is 0 Å². The lowest BCUT2D eigenvalue weighted by atomic mass is 10.2. The fourth-order valence-electron chi connectivity index (χ4n) is 2.44. The topological polar surface area (TPSA) is 64.4 Å². The molecule has 104 valence electrons. The molecule has 1 aromatic carbocycles. The van der Waals surface area contributed by atoms with Gasteiger partial charge in [-0.1, -0.05) is 6.07 Å². The summed E-state index contributed by atoms with van der Waals surface area (Å²) in [5, 5.41) is 0. The van der Waals surface area contributed by atoms with Gasteiger partial charge in [-0.3, -0.25) is 13.7 Å². The van der Waals surface area contributed by atoms with Crippen molar-refractivity contribution in [2.24, 2.45) is 0 Å². The highest BCUT2D eigenvalue weighted by molar-refractivity contribution is 7.51. The molecule has 2 rings (SSSR count). The van der Waals surface area contributed by atoms with Crippen molar-refractivity contribution in [2.75, 3.05) is 6.66 Å². The molecule has 0 aliphatic rings. The van der Waals surface area contributed by atoms with Crippen LogP contribution in [0, 0.1) is 13.8 Å². The van der Waals surface area contributed by atoms with Gasteiger partial charge in [0.1, 0.15) is 11.5 Å². The van der Waals surface area contributed by atoms with E-state index in [9.17, 15) is 9.46 Å². The number of imidazole rings is 1. The fraction of sp³-hybridized carbons (Fsp3) is 0.462. The summed E-state index contributed by atoms with van der Waals surface area (Å²) in [7, 11) is -3.59. The molecular weight excluding hydrogens is 263 g/mol. The van der Waals surface area contributed by atoms with Gasteiger partial charge >= 0.3 is 7.60 Å². The molecule has 5 nitrogen and oxygen atoms in total. The first-order valence-electron chi connectivity index (χ1n) is 6.07. The summed E-state index contributed by atoms with van der Waals surface area (Å²) in [5.74, 6) is 0.749. The van der Waals surface area contributed by atoms with Crippen molar-refractivity contribution in [1.29, 1.82) is 0 Å². The molecule has 0 saturated carbocycles. The zero-order valence-corrected chi connectivity index (χ0v) is 12.7. The molecule has 0 aliphatic carbocycles. The first-order chi connectivity index (χ1) is 8.60. The molecule has 0 bridgehead atoms. The SMILES string of the molecule is Cc1ccc2nc(C)n(C(C)(C)OP(C)(=O)O)c2c1. The van der Waals surface area contributed by atoms with E-state index in [1.807, 2.05) is 36.6 Å². The van der Waals surface area contributed by atoms with Crippen LogP contribution in [0.2, 0.25) is 0 Å². The molecule has 0 fully saturated rings. The minimum Gasteiger partial charge on any atom is -0.324 e. The number of hydrogen-bond donors (Lipinski definition) is 1. The van der Waals surface area contributed by atoms with E-state index >= 15 is 0 Å². The van der Waals surface area contributed by atoms with E-state index in [0.29, 0.717) is 0 Å². The van der Waals surface area contributed by atoms with Crippen LogP contribution in [0.25, 0.3) is 11.0 Å². The Hall–Kier alpha value is -1.16. The molecule has 1 atom stereocenters. The second kappa shape index (κ2) is 4.44. The van der Waals surface area contributed by atoms with Crippen molar-refractivity contribution in [1.82, 2.24) is 9.55 Å². The standard InChI is InChI=1S/C13H19N2O3P/c1-9-6-7-11-12(8-9)15(10(2)14-11)13(3,4)18-19(5,16)17/h6-8H,1-5H3,(H,16,17). The number of aryl methyl sites for hydroxylation is 2. The lowest BCUT2D eigenvalue weighted by Gasteiger charge is -2.29. The highest BCUT2D eigenvalue weighted by Gasteiger charge is 2.31. The normalized spacial score (nSPS) is 15.7. The van der Waals surface area contributed by atoms with Crippen LogP contribution in [0.5, 0.6) is 0 Å². The second-order valence-electron chi connectivity index (χ2n) is 5.33. The Morgan fingerprint density at radius 3 is 2.58 bits per heavy atom. The molecule has 0 amide bonds. The predicted octanol–water partition coefficient (Wildman–Crippen LogP) is 3.18. The van der Waals surface area contributed by atoms with Gasteiger partial charge in [0.05, 0.1) is 11.0 Å². The highest BCUT2D eigenvalue weighted by atomic mass is 31.2. The van der Waals surface area contributed by atoms with Crippen molar-refractivity contribution < 1.29 is 14.0 Å². The number of rotatable bonds is 3. The summed E-state index contributed by atoms with van der Waals surface area (Å²) >= 11 is 0. The Kier molecular flexibility index (Phi) is 3.33. The lowest BCUT2D eigenvalue weighted by Crippen LogP contribution is -2.29. The van der Waals surface area contributed by atoms with Crippen molar-refractivity contribution >= 4 is 18.6 Å². The van der Waals surface area contributed by atoms with Gasteiger partial charge in [-0.2, -0.15) is 0 Å². The molecule has 1 unspecified atom stereocenters. The molecule has 2 aromatic rings. The molecule has 1 aromatic heterocycles. The maximum Gasteiger partial charge on any atom is 0.327 e. The van der Waals surface area contributed by atoms with Gasteiger partial charge in [0.15, 0.2) is 0 Å². The van der Waals surface area contributed by atoms with Gasteiger partial charge in [-0.25, -0.2) is 4.98 Å². The lowest BCUT2D eigenvalue weighted by molar-refractivity contribution is 0.0232. The molecule has 1 N–H and O–H groups in total. The summed E-state index contributed by atoms with van der Waals surface area (Å²) < 4.78 is 18.7. The van der Waals surface area contributed by atoms with E-state index in [2.05, 4.69) is 4.98 Å². The van der Waals surface area contributed by atoms with Crippen LogP contribution in [0.3, 0.4) is 0 Å². The maximum absolute atomic E-state index is 11.5.